The molecule has 1 unspecified atom stereocenters. The van der Waals surface area contributed by atoms with E-state index in [4.69, 9.17) is 26.1 Å². The van der Waals surface area contributed by atoms with E-state index in [0.717, 1.165) is 92.4 Å². The van der Waals surface area contributed by atoms with Crippen LogP contribution in [0, 0.1) is 0 Å². The number of piperazine rings is 1. The van der Waals surface area contributed by atoms with Crippen LogP contribution in [0.15, 0.2) is 65.7 Å². The third-order valence-electron chi connectivity index (χ3n) is 12.8. The molecular weight excluding hydrogens is 812 g/mol. The van der Waals surface area contributed by atoms with Crippen molar-refractivity contribution >= 4 is 74.3 Å². The summed E-state index contributed by atoms with van der Waals surface area (Å²) in [4.78, 5) is 65.9. The average molecular weight is 865 g/mol. The molecule has 4 aliphatic rings. The van der Waals surface area contributed by atoms with Gasteiger partial charge in [0.2, 0.25) is 17.8 Å². The Hall–Kier alpha value is -5.71. The number of aromatic nitrogens is 4. The van der Waals surface area contributed by atoms with Crippen LogP contribution < -0.4 is 36.0 Å². The molecule has 1 aliphatic carbocycles. The third kappa shape index (κ3) is 8.55. The quantitative estimate of drug-likeness (QED) is 0.141. The van der Waals surface area contributed by atoms with Crippen molar-refractivity contribution < 1.29 is 23.9 Å². The highest BCUT2D eigenvalue weighted by molar-refractivity contribution is 6.33. The van der Waals surface area contributed by atoms with Gasteiger partial charge in [0.25, 0.3) is 11.5 Å². The number of carbonyl (C=O) groups is 3. The van der Waals surface area contributed by atoms with Crippen molar-refractivity contribution in [2.24, 2.45) is 0 Å². The van der Waals surface area contributed by atoms with E-state index in [2.05, 4.69) is 59.9 Å². The number of amides is 3. The number of pyridine rings is 1. The molecule has 2 aromatic carbocycles. The number of nitrogens with zero attached hydrogens (tertiary/aromatic N) is 7. The van der Waals surface area contributed by atoms with Gasteiger partial charge in [0, 0.05) is 98.7 Å². The third-order valence-corrected chi connectivity index (χ3v) is 13.1. The topological polar surface area (TPSA) is 168 Å². The highest BCUT2D eigenvalue weighted by atomic mass is 35.5. The average Bonchev–Trinajstić information content (AvgIpc) is 3.68. The maximum atomic E-state index is 13.2. The first-order chi connectivity index (χ1) is 30.0. The van der Waals surface area contributed by atoms with Gasteiger partial charge >= 0.3 is 0 Å². The first kappa shape index (κ1) is 41.6. The Morgan fingerprint density at radius 1 is 0.903 bits per heavy atom. The number of ether oxygens (including phenoxy) is 2. The van der Waals surface area contributed by atoms with E-state index < -0.39 is 0 Å². The Labute approximate surface area is 364 Å². The zero-order valence-electron chi connectivity index (χ0n) is 35.3. The van der Waals surface area contributed by atoms with Gasteiger partial charge in [0.1, 0.15) is 11.1 Å². The first-order valence-electron chi connectivity index (χ1n) is 21.7. The van der Waals surface area contributed by atoms with Gasteiger partial charge in [0.05, 0.1) is 23.9 Å². The number of imide groups is 1. The van der Waals surface area contributed by atoms with Crippen LogP contribution in [-0.4, -0.2) is 113 Å². The molecule has 17 heteroatoms. The van der Waals surface area contributed by atoms with Gasteiger partial charge in [-0.25, -0.2) is 4.98 Å². The molecule has 6 heterocycles. The molecule has 5 aromatic rings. The van der Waals surface area contributed by atoms with Crippen molar-refractivity contribution in [1.29, 1.82) is 0 Å². The number of piperidine rings is 2. The summed E-state index contributed by atoms with van der Waals surface area (Å²) in [5, 5.41) is 10.6. The zero-order valence-corrected chi connectivity index (χ0v) is 36.1. The molecule has 0 spiro atoms. The fourth-order valence-electron chi connectivity index (χ4n) is 9.29. The molecule has 326 valence electrons. The second-order valence-corrected chi connectivity index (χ2v) is 17.4. The summed E-state index contributed by atoms with van der Waals surface area (Å²) in [6.07, 6.45) is 8.85. The van der Waals surface area contributed by atoms with E-state index in [0.29, 0.717) is 35.7 Å². The fraction of sp³-hybridized carbons (Fsp3) is 0.467. The SMILES string of the molecule is CNC(=O)COc1cc2cc(Nc3nc(N4CCC(O[C@H]5C[C@H](N6CCN(c7ccc8c(ccn8C8CCC(=O)NC8=O)c7)CC6)C5)CC4)ncc3Cl)ccc2n(C(C)C)c1=O. The van der Waals surface area contributed by atoms with Gasteiger partial charge in [0.15, 0.2) is 18.2 Å². The Balaban J connectivity index is 0.746. The van der Waals surface area contributed by atoms with Crippen molar-refractivity contribution in [3.63, 3.8) is 0 Å². The van der Waals surface area contributed by atoms with Crippen LogP contribution in [0.2, 0.25) is 5.02 Å². The predicted molar refractivity (Wildman–Crippen MR) is 239 cm³/mol. The van der Waals surface area contributed by atoms with Crippen LogP contribution in [0.5, 0.6) is 5.75 Å². The predicted octanol–water partition coefficient (Wildman–Crippen LogP) is 5.17. The lowest BCUT2D eigenvalue weighted by Crippen LogP contribution is -2.56. The Kier molecular flexibility index (Phi) is 11.8. The number of nitrogens with one attached hydrogen (secondary N) is 3. The number of benzene rings is 2. The van der Waals surface area contributed by atoms with Crippen molar-refractivity contribution in [2.75, 3.05) is 68.0 Å². The molecule has 3 amide bonds. The van der Waals surface area contributed by atoms with Crippen molar-refractivity contribution in [3.8, 4) is 5.75 Å². The monoisotopic (exact) mass is 864 g/mol. The summed E-state index contributed by atoms with van der Waals surface area (Å²) in [5.41, 5.74) is 3.38. The smallest absolute Gasteiger partial charge is 0.293 e. The van der Waals surface area contributed by atoms with Gasteiger partial charge < -0.3 is 39.0 Å². The van der Waals surface area contributed by atoms with Gasteiger partial charge in [-0.3, -0.25) is 29.4 Å². The molecule has 3 aromatic heterocycles. The van der Waals surface area contributed by atoms with E-state index in [1.807, 2.05) is 42.8 Å². The number of hydrogen-bond acceptors (Lipinski definition) is 12. The summed E-state index contributed by atoms with van der Waals surface area (Å²) in [7, 11) is 1.52. The molecule has 0 radical (unpaired) electrons. The first-order valence-corrected chi connectivity index (χ1v) is 22.0. The zero-order chi connectivity index (χ0) is 43.1. The number of rotatable bonds is 12. The van der Waals surface area contributed by atoms with Crippen molar-refractivity contribution in [3.05, 3.63) is 76.3 Å². The molecule has 3 N–H and O–H groups in total. The largest absolute Gasteiger partial charge is 0.478 e. The molecule has 4 fully saturated rings. The van der Waals surface area contributed by atoms with E-state index in [1.165, 1.54) is 12.7 Å². The highest BCUT2D eigenvalue weighted by Gasteiger charge is 2.38. The number of carbonyl (C=O) groups excluding carboxylic acids is 3. The number of anilines is 4. The lowest BCUT2D eigenvalue weighted by Gasteiger charge is -2.47. The normalized spacial score (nSPS) is 21.3. The fourth-order valence-corrected chi connectivity index (χ4v) is 9.43. The number of hydrogen-bond donors (Lipinski definition) is 3. The van der Waals surface area contributed by atoms with E-state index in [-0.39, 0.29) is 59.9 Å². The molecule has 1 saturated carbocycles. The number of halogens is 1. The number of likely N-dealkylation sites (N-methyl/N-ethyl adjacent to an activating group) is 1. The Bertz CT molecular complexity index is 2560. The molecule has 3 saturated heterocycles. The van der Waals surface area contributed by atoms with Gasteiger partial charge in [-0.05, 0) is 94.5 Å². The van der Waals surface area contributed by atoms with E-state index in [1.54, 1.807) is 16.8 Å². The molecule has 62 heavy (non-hydrogen) atoms. The minimum Gasteiger partial charge on any atom is -0.478 e. The van der Waals surface area contributed by atoms with Crippen LogP contribution in [-0.2, 0) is 19.1 Å². The molecule has 0 bridgehead atoms. The van der Waals surface area contributed by atoms with Crippen LogP contribution in [0.1, 0.15) is 64.5 Å². The van der Waals surface area contributed by atoms with Gasteiger partial charge in [-0.15, -0.1) is 0 Å². The van der Waals surface area contributed by atoms with Crippen LogP contribution >= 0.6 is 11.6 Å². The van der Waals surface area contributed by atoms with Crippen molar-refractivity contribution in [2.45, 2.75) is 82.7 Å². The maximum Gasteiger partial charge on any atom is 0.293 e. The maximum absolute atomic E-state index is 13.2. The molecule has 16 nitrogen and oxygen atoms in total. The lowest BCUT2D eigenvalue weighted by atomic mass is 9.87. The van der Waals surface area contributed by atoms with E-state index in [9.17, 15) is 19.2 Å². The van der Waals surface area contributed by atoms with Crippen molar-refractivity contribution in [1.82, 2.24) is 34.6 Å². The van der Waals surface area contributed by atoms with E-state index >= 15 is 0 Å². The second-order valence-electron chi connectivity index (χ2n) is 17.0. The van der Waals surface area contributed by atoms with Crippen LogP contribution in [0.3, 0.4) is 0 Å². The Morgan fingerprint density at radius 2 is 1.68 bits per heavy atom. The summed E-state index contributed by atoms with van der Waals surface area (Å²) in [6, 6.07) is 15.9. The number of fused-ring (bicyclic) bond motifs is 2. The Morgan fingerprint density at radius 3 is 2.42 bits per heavy atom. The summed E-state index contributed by atoms with van der Waals surface area (Å²) in [5.74, 6) is 0.424. The minimum absolute atomic E-state index is 0.1000. The second kappa shape index (κ2) is 17.6. The molecule has 1 atom stereocenters. The summed E-state index contributed by atoms with van der Waals surface area (Å²) < 4.78 is 15.9. The lowest BCUT2D eigenvalue weighted by molar-refractivity contribution is -0.135. The highest BCUT2D eigenvalue weighted by Crippen LogP contribution is 2.35. The molecule has 9 rings (SSSR count). The van der Waals surface area contributed by atoms with Crippen LogP contribution in [0.25, 0.3) is 21.8 Å². The minimum atomic E-state index is -0.356. The summed E-state index contributed by atoms with van der Waals surface area (Å²) in [6.45, 7) is 9.11. The van der Waals surface area contributed by atoms with Gasteiger partial charge in [-0.2, -0.15) is 4.98 Å². The molecular formula is C45H53ClN10O6. The standard InChI is InChI=1S/C45H53ClN10O6/c1-27(2)56-37-6-4-30(20-29(37)22-39(44(56)60)61-26-41(58)47-3)49-42-35(46)25-48-45(51-42)54-13-11-33(12-14-54)62-34-23-32(24-34)53-18-16-52(17-19-53)31-5-7-36-28(21-31)10-15-55(36)38-8-9-40(57)50-43(38)59/h4-7,10,15,20-22,25,27,32-34,38H,8-9,11-14,16-19,23-24,26H2,1-3H3,(H,47,58)(H,48,49,51)(H,50,57,59)/t32-,34-,38?. The summed E-state index contributed by atoms with van der Waals surface area (Å²) >= 11 is 6.60. The molecule has 3 aliphatic heterocycles. The van der Waals surface area contributed by atoms with Crippen LogP contribution in [0.4, 0.5) is 23.1 Å². The van der Waals surface area contributed by atoms with Gasteiger partial charge in [-0.1, -0.05) is 11.6 Å².